The van der Waals surface area contributed by atoms with Crippen molar-refractivity contribution in [3.05, 3.63) is 46.7 Å². The van der Waals surface area contributed by atoms with Gasteiger partial charge in [0.15, 0.2) is 0 Å². The van der Waals surface area contributed by atoms with E-state index in [2.05, 4.69) is 15.1 Å². The first kappa shape index (κ1) is 16.5. The van der Waals surface area contributed by atoms with Gasteiger partial charge in [-0.3, -0.25) is 4.68 Å². The predicted octanol–water partition coefficient (Wildman–Crippen LogP) is 2.09. The summed E-state index contributed by atoms with van der Waals surface area (Å²) in [4.78, 5) is 7.99. The fourth-order valence-electron chi connectivity index (χ4n) is 2.46. The Kier molecular flexibility index (Phi) is 4.41. The van der Waals surface area contributed by atoms with E-state index in [1.165, 1.54) is 0 Å². The highest BCUT2D eigenvalue weighted by atomic mass is 35.5. The van der Waals surface area contributed by atoms with Gasteiger partial charge < -0.3 is 16.2 Å². The van der Waals surface area contributed by atoms with E-state index in [9.17, 15) is 5.26 Å². The number of aromatic nitrogens is 4. The molecule has 0 bridgehead atoms. The molecule has 3 rings (SSSR count). The van der Waals surface area contributed by atoms with Crippen molar-refractivity contribution in [2.24, 2.45) is 0 Å². The number of halogens is 1. The third-order valence-corrected chi connectivity index (χ3v) is 3.75. The van der Waals surface area contributed by atoms with E-state index in [0.29, 0.717) is 28.6 Å². The maximum Gasteiger partial charge on any atom is 0.222 e. The van der Waals surface area contributed by atoms with Crippen molar-refractivity contribution in [1.29, 1.82) is 5.26 Å². The molecule has 0 fully saturated rings. The number of hydrogen-bond acceptors (Lipinski definition) is 7. The first-order chi connectivity index (χ1) is 12.0. The standard InChI is InChI=1S/C16H14ClN7O/c1-25-13-3-2-9(4-10(13)7-24-8-11(17)6-21-24)14-12(5-18)15(19)23-16(20)22-14/h2-4,6,8H,7H2,1H3,(H4,19,20,22,23). The first-order valence-corrected chi connectivity index (χ1v) is 7.58. The summed E-state index contributed by atoms with van der Waals surface area (Å²) < 4.78 is 7.08. The summed E-state index contributed by atoms with van der Waals surface area (Å²) >= 11 is 5.91. The van der Waals surface area contributed by atoms with E-state index in [-0.39, 0.29) is 17.3 Å². The summed E-state index contributed by atoms with van der Waals surface area (Å²) in [7, 11) is 1.58. The smallest absolute Gasteiger partial charge is 0.222 e. The molecule has 0 saturated carbocycles. The van der Waals surface area contributed by atoms with Gasteiger partial charge >= 0.3 is 0 Å². The molecular formula is C16H14ClN7O. The van der Waals surface area contributed by atoms with Crippen molar-refractivity contribution in [2.75, 3.05) is 18.6 Å². The van der Waals surface area contributed by atoms with Gasteiger partial charge in [-0.05, 0) is 18.2 Å². The van der Waals surface area contributed by atoms with Gasteiger partial charge in [0.25, 0.3) is 0 Å². The fourth-order valence-corrected chi connectivity index (χ4v) is 2.62. The Morgan fingerprint density at radius 1 is 1.32 bits per heavy atom. The Bertz CT molecular complexity index is 977. The molecule has 0 aliphatic rings. The highest BCUT2D eigenvalue weighted by molar-refractivity contribution is 6.30. The van der Waals surface area contributed by atoms with Gasteiger partial charge in [0.05, 0.1) is 30.6 Å². The zero-order chi connectivity index (χ0) is 18.0. The molecule has 2 heterocycles. The molecule has 0 saturated heterocycles. The molecule has 0 aliphatic carbocycles. The number of nitrogens with zero attached hydrogens (tertiary/aromatic N) is 5. The Morgan fingerprint density at radius 3 is 2.76 bits per heavy atom. The van der Waals surface area contributed by atoms with Gasteiger partial charge in [-0.1, -0.05) is 11.6 Å². The number of hydrogen-bond donors (Lipinski definition) is 2. The van der Waals surface area contributed by atoms with E-state index < -0.39 is 0 Å². The van der Waals surface area contributed by atoms with Crippen LogP contribution in [0.2, 0.25) is 5.02 Å². The molecule has 0 aliphatic heterocycles. The molecule has 0 spiro atoms. The van der Waals surface area contributed by atoms with Crippen LogP contribution in [0.25, 0.3) is 11.3 Å². The topological polar surface area (TPSA) is 129 Å². The third kappa shape index (κ3) is 3.32. The average molecular weight is 356 g/mol. The van der Waals surface area contributed by atoms with E-state index >= 15 is 0 Å². The van der Waals surface area contributed by atoms with Gasteiger partial charge in [-0.25, -0.2) is 4.98 Å². The lowest BCUT2D eigenvalue weighted by Gasteiger charge is -2.12. The number of nitriles is 1. The lowest BCUT2D eigenvalue weighted by molar-refractivity contribution is 0.407. The summed E-state index contributed by atoms with van der Waals surface area (Å²) in [6.45, 7) is 0.432. The van der Waals surface area contributed by atoms with E-state index in [1.807, 2.05) is 12.1 Å². The number of rotatable bonds is 4. The maximum atomic E-state index is 9.36. The monoisotopic (exact) mass is 355 g/mol. The van der Waals surface area contributed by atoms with Crippen LogP contribution in [0, 0.1) is 11.3 Å². The van der Waals surface area contributed by atoms with Gasteiger partial charge in [0, 0.05) is 17.3 Å². The Labute approximate surface area is 148 Å². The van der Waals surface area contributed by atoms with Crippen LogP contribution in [0.1, 0.15) is 11.1 Å². The molecule has 9 heteroatoms. The Morgan fingerprint density at radius 2 is 2.12 bits per heavy atom. The van der Waals surface area contributed by atoms with E-state index in [4.69, 9.17) is 27.8 Å². The summed E-state index contributed by atoms with van der Waals surface area (Å²) in [6.07, 6.45) is 3.26. The third-order valence-electron chi connectivity index (χ3n) is 3.55. The number of ether oxygens (including phenoxy) is 1. The predicted molar refractivity (Wildman–Crippen MR) is 93.9 cm³/mol. The van der Waals surface area contributed by atoms with Crippen molar-refractivity contribution in [1.82, 2.24) is 19.7 Å². The molecule has 126 valence electrons. The number of benzene rings is 1. The maximum absolute atomic E-state index is 9.36. The molecule has 0 atom stereocenters. The Balaban J connectivity index is 2.10. The molecule has 0 unspecified atom stereocenters. The number of nitrogen functional groups attached to an aromatic ring is 2. The average Bonchev–Trinajstić information content (AvgIpc) is 2.99. The molecule has 1 aromatic carbocycles. The van der Waals surface area contributed by atoms with Crippen LogP contribution in [0.5, 0.6) is 5.75 Å². The molecule has 0 amide bonds. The highest BCUT2D eigenvalue weighted by Gasteiger charge is 2.15. The van der Waals surface area contributed by atoms with Gasteiger partial charge in [0.2, 0.25) is 5.95 Å². The second kappa shape index (κ2) is 6.67. The van der Waals surface area contributed by atoms with Crippen molar-refractivity contribution in [3.8, 4) is 23.1 Å². The van der Waals surface area contributed by atoms with Crippen molar-refractivity contribution in [2.45, 2.75) is 6.54 Å². The minimum atomic E-state index is 0.00252. The second-order valence-electron chi connectivity index (χ2n) is 5.19. The zero-order valence-electron chi connectivity index (χ0n) is 13.3. The molecule has 8 nitrogen and oxygen atoms in total. The number of anilines is 2. The molecule has 4 N–H and O–H groups in total. The van der Waals surface area contributed by atoms with E-state index in [1.54, 1.807) is 36.3 Å². The summed E-state index contributed by atoms with van der Waals surface area (Å²) in [5, 5.41) is 14.1. The van der Waals surface area contributed by atoms with Crippen molar-refractivity contribution in [3.63, 3.8) is 0 Å². The summed E-state index contributed by atoms with van der Waals surface area (Å²) in [6, 6.07) is 7.42. The second-order valence-corrected chi connectivity index (χ2v) is 5.62. The van der Waals surface area contributed by atoms with Gasteiger partial charge in [-0.15, -0.1) is 0 Å². The van der Waals surface area contributed by atoms with Gasteiger partial charge in [0.1, 0.15) is 23.2 Å². The number of methoxy groups -OCH3 is 1. The summed E-state index contributed by atoms with van der Waals surface area (Å²) in [5.74, 6) is 0.716. The van der Waals surface area contributed by atoms with Crippen LogP contribution in [0.4, 0.5) is 11.8 Å². The van der Waals surface area contributed by atoms with Gasteiger partial charge in [-0.2, -0.15) is 15.3 Å². The van der Waals surface area contributed by atoms with E-state index in [0.717, 1.165) is 5.56 Å². The Hall–Kier alpha value is -3.31. The molecule has 25 heavy (non-hydrogen) atoms. The van der Waals surface area contributed by atoms with Crippen LogP contribution >= 0.6 is 11.6 Å². The van der Waals surface area contributed by atoms with Crippen LogP contribution < -0.4 is 16.2 Å². The van der Waals surface area contributed by atoms with Crippen molar-refractivity contribution >= 4 is 23.4 Å². The fraction of sp³-hybridized carbons (Fsp3) is 0.125. The minimum absolute atomic E-state index is 0.00252. The zero-order valence-corrected chi connectivity index (χ0v) is 14.0. The molecular weight excluding hydrogens is 342 g/mol. The molecule has 2 aromatic heterocycles. The van der Waals surface area contributed by atoms with Crippen LogP contribution in [-0.2, 0) is 6.54 Å². The first-order valence-electron chi connectivity index (χ1n) is 7.20. The SMILES string of the molecule is COc1ccc(-c2nc(N)nc(N)c2C#N)cc1Cn1cc(Cl)cn1. The largest absolute Gasteiger partial charge is 0.496 e. The molecule has 0 radical (unpaired) electrons. The normalized spacial score (nSPS) is 10.4. The lowest BCUT2D eigenvalue weighted by atomic mass is 10.0. The van der Waals surface area contributed by atoms with Crippen molar-refractivity contribution < 1.29 is 4.74 Å². The highest BCUT2D eigenvalue weighted by Crippen LogP contribution is 2.30. The quantitative estimate of drug-likeness (QED) is 0.732. The van der Waals surface area contributed by atoms with Crippen LogP contribution in [-0.4, -0.2) is 26.9 Å². The van der Waals surface area contributed by atoms with Crippen LogP contribution in [0.15, 0.2) is 30.6 Å². The van der Waals surface area contributed by atoms with Crippen LogP contribution in [0.3, 0.4) is 0 Å². The minimum Gasteiger partial charge on any atom is -0.496 e. The molecule has 3 aromatic rings. The lowest BCUT2D eigenvalue weighted by Crippen LogP contribution is -2.06. The number of nitrogens with two attached hydrogens (primary N) is 2. The summed E-state index contributed by atoms with van der Waals surface area (Å²) in [5.41, 5.74) is 13.5.